The molecule has 0 bridgehead atoms. The molecule has 12 heteroatoms. The molecule has 0 atom stereocenters. The van der Waals surface area contributed by atoms with Gasteiger partial charge in [0.1, 0.15) is 16.8 Å². The molecule has 0 radical (unpaired) electrons. The van der Waals surface area contributed by atoms with Crippen molar-refractivity contribution in [3.8, 4) is 17.2 Å². The number of carbonyl (C=O) groups is 1. The van der Waals surface area contributed by atoms with Crippen molar-refractivity contribution in [2.45, 2.75) is 51.6 Å². The second kappa shape index (κ2) is 9.92. The average Bonchev–Trinajstić information content (AvgIpc) is 3.49. The largest absolute Gasteiger partial charge is 0.494 e. The summed E-state index contributed by atoms with van der Waals surface area (Å²) in [6.45, 7) is 6.55. The third-order valence-electron chi connectivity index (χ3n) is 6.37. The van der Waals surface area contributed by atoms with Gasteiger partial charge in [0.25, 0.3) is 11.4 Å². The van der Waals surface area contributed by atoms with Crippen LogP contribution >= 0.6 is 0 Å². The van der Waals surface area contributed by atoms with Crippen LogP contribution in [0, 0.1) is 5.82 Å². The molecular formula is C26H29FN6O5. The second-order valence-corrected chi connectivity index (χ2v) is 10.3. The highest BCUT2D eigenvalue weighted by Gasteiger charge is 2.29. The Hall–Kier alpha value is -4.22. The molecule has 4 aromatic rings. The number of piperidine rings is 1. The number of amides is 1. The molecule has 0 aliphatic carbocycles. The molecule has 3 aromatic heterocycles. The lowest BCUT2D eigenvalue weighted by Gasteiger charge is -2.33. The highest BCUT2D eigenvalue weighted by Crippen LogP contribution is 2.30. The number of nitrogens with one attached hydrogen (secondary N) is 1. The molecular weight excluding hydrogens is 495 g/mol. The number of H-pyrrole nitrogens is 1. The summed E-state index contributed by atoms with van der Waals surface area (Å²) < 4.78 is 32.0. The van der Waals surface area contributed by atoms with Gasteiger partial charge < -0.3 is 23.8 Å². The van der Waals surface area contributed by atoms with Crippen LogP contribution in [0.2, 0.25) is 0 Å². The zero-order chi connectivity index (χ0) is 27.0. The summed E-state index contributed by atoms with van der Waals surface area (Å²) in [4.78, 5) is 29.5. The van der Waals surface area contributed by atoms with Crippen molar-refractivity contribution in [3.05, 3.63) is 63.8 Å². The maximum absolute atomic E-state index is 14.0. The van der Waals surface area contributed by atoms with Crippen molar-refractivity contribution in [1.29, 1.82) is 0 Å². The van der Waals surface area contributed by atoms with Crippen LogP contribution in [0.25, 0.3) is 17.1 Å². The van der Waals surface area contributed by atoms with E-state index in [1.54, 1.807) is 21.7 Å². The number of rotatable bonds is 5. The third-order valence-corrected chi connectivity index (χ3v) is 6.37. The first-order valence-corrected chi connectivity index (χ1v) is 12.4. The van der Waals surface area contributed by atoms with Crippen molar-refractivity contribution >= 4 is 11.7 Å². The Morgan fingerprint density at radius 2 is 1.97 bits per heavy atom. The molecule has 1 N–H and O–H groups in total. The molecule has 38 heavy (non-hydrogen) atoms. The number of likely N-dealkylation sites (tertiary alicyclic amines) is 1. The third kappa shape index (κ3) is 5.24. The van der Waals surface area contributed by atoms with Crippen molar-refractivity contribution < 1.29 is 23.1 Å². The number of nitrogens with zero attached hydrogens (tertiary/aromatic N) is 5. The number of carbonyl (C=O) groups excluding carboxylic acids is 1. The number of aromatic amines is 1. The Morgan fingerprint density at radius 1 is 1.21 bits per heavy atom. The lowest BCUT2D eigenvalue weighted by molar-refractivity contribution is 0.0203. The highest BCUT2D eigenvalue weighted by atomic mass is 19.1. The molecule has 1 fully saturated rings. The van der Waals surface area contributed by atoms with E-state index < -0.39 is 11.4 Å². The minimum atomic E-state index is -0.558. The van der Waals surface area contributed by atoms with E-state index in [2.05, 4.69) is 20.3 Å². The molecule has 4 heterocycles. The molecule has 1 aliphatic rings. The van der Waals surface area contributed by atoms with E-state index in [-0.39, 0.29) is 41.5 Å². The van der Waals surface area contributed by atoms with Crippen LogP contribution in [0.4, 0.5) is 9.18 Å². The second-order valence-electron chi connectivity index (χ2n) is 10.3. The predicted octanol–water partition coefficient (Wildman–Crippen LogP) is 3.93. The Bertz CT molecular complexity index is 1530. The first-order valence-electron chi connectivity index (χ1n) is 12.4. The van der Waals surface area contributed by atoms with Gasteiger partial charge in [0.15, 0.2) is 11.6 Å². The lowest BCUT2D eigenvalue weighted by Crippen LogP contribution is -2.41. The van der Waals surface area contributed by atoms with Crippen LogP contribution in [-0.2, 0) is 11.2 Å². The van der Waals surface area contributed by atoms with Gasteiger partial charge in [-0.15, -0.1) is 10.2 Å². The Morgan fingerprint density at radius 3 is 2.66 bits per heavy atom. The lowest BCUT2D eigenvalue weighted by atomic mass is 9.93. The van der Waals surface area contributed by atoms with E-state index in [0.29, 0.717) is 42.7 Å². The summed E-state index contributed by atoms with van der Waals surface area (Å²) in [6.07, 6.45) is 2.78. The average molecular weight is 525 g/mol. The Labute approximate surface area is 217 Å². The van der Waals surface area contributed by atoms with Crippen LogP contribution in [-0.4, -0.2) is 61.6 Å². The summed E-state index contributed by atoms with van der Waals surface area (Å²) in [5.41, 5.74) is 1.47. The van der Waals surface area contributed by atoms with E-state index in [1.165, 1.54) is 25.3 Å². The molecule has 5 rings (SSSR count). The van der Waals surface area contributed by atoms with Gasteiger partial charge in [-0.05, 0) is 51.3 Å². The number of aromatic nitrogens is 5. The van der Waals surface area contributed by atoms with E-state index >= 15 is 0 Å². The van der Waals surface area contributed by atoms with Crippen molar-refractivity contribution in [2.75, 3.05) is 20.2 Å². The monoisotopic (exact) mass is 524 g/mol. The number of benzene rings is 1. The molecule has 1 aliphatic heterocycles. The molecule has 200 valence electrons. The summed E-state index contributed by atoms with van der Waals surface area (Å²) in [7, 11) is 1.40. The van der Waals surface area contributed by atoms with Gasteiger partial charge in [-0.3, -0.25) is 4.79 Å². The standard InChI is InChI=1S/C26H29FN6O5/c1-26(2,3)38-25(35)32-9-7-16(8-10-32)19-13-21(34)29-23-17(14-28-33(19)23)24-31-30-22(37-24)12-15-5-6-20(36-4)18(27)11-15/h5-6,11,13-14,16H,7-10,12H2,1-4H3,(H,29,34). The smallest absolute Gasteiger partial charge is 0.410 e. The molecule has 0 saturated carbocycles. The molecule has 1 amide bonds. The van der Waals surface area contributed by atoms with Gasteiger partial charge in [-0.1, -0.05) is 6.07 Å². The molecule has 1 aromatic carbocycles. The first-order chi connectivity index (χ1) is 18.1. The fraction of sp³-hybridized carbons (Fsp3) is 0.423. The van der Waals surface area contributed by atoms with Gasteiger partial charge in [0.2, 0.25) is 5.89 Å². The fourth-order valence-electron chi connectivity index (χ4n) is 4.57. The van der Waals surface area contributed by atoms with Crippen LogP contribution in [0.3, 0.4) is 0 Å². The number of methoxy groups -OCH3 is 1. The summed E-state index contributed by atoms with van der Waals surface area (Å²) in [5, 5.41) is 12.7. The number of fused-ring (bicyclic) bond motifs is 1. The number of hydrogen-bond acceptors (Lipinski definition) is 8. The fourth-order valence-corrected chi connectivity index (χ4v) is 4.57. The molecule has 0 unspecified atom stereocenters. The Kier molecular flexibility index (Phi) is 6.64. The minimum absolute atomic E-state index is 0.0226. The maximum atomic E-state index is 14.0. The molecule has 11 nitrogen and oxygen atoms in total. The SMILES string of the molecule is COc1ccc(Cc2nnc(-c3cnn4c(C5CCN(C(=O)OC(C)(C)C)CC5)cc(=O)[nH]c34)o2)cc1F. The number of ether oxygens (including phenoxy) is 2. The zero-order valence-corrected chi connectivity index (χ0v) is 21.7. The van der Waals surface area contributed by atoms with Gasteiger partial charge in [-0.2, -0.15) is 5.10 Å². The van der Waals surface area contributed by atoms with Crippen LogP contribution < -0.4 is 10.3 Å². The van der Waals surface area contributed by atoms with E-state index in [0.717, 1.165) is 5.69 Å². The minimum Gasteiger partial charge on any atom is -0.494 e. The quantitative estimate of drug-likeness (QED) is 0.416. The summed E-state index contributed by atoms with van der Waals surface area (Å²) in [5.74, 6) is 0.180. The predicted molar refractivity (Wildman–Crippen MR) is 135 cm³/mol. The Balaban J connectivity index is 1.35. The van der Waals surface area contributed by atoms with E-state index in [9.17, 15) is 14.0 Å². The first kappa shape index (κ1) is 25.4. The number of halogens is 1. The zero-order valence-electron chi connectivity index (χ0n) is 21.7. The van der Waals surface area contributed by atoms with Gasteiger partial charge in [0, 0.05) is 25.1 Å². The topological polar surface area (TPSA) is 128 Å². The molecule has 1 saturated heterocycles. The van der Waals surface area contributed by atoms with Crippen LogP contribution in [0.5, 0.6) is 5.75 Å². The van der Waals surface area contributed by atoms with Gasteiger partial charge in [-0.25, -0.2) is 13.7 Å². The highest BCUT2D eigenvalue weighted by molar-refractivity contribution is 5.71. The normalized spacial score (nSPS) is 14.7. The van der Waals surface area contributed by atoms with Crippen LogP contribution in [0.15, 0.2) is 39.7 Å². The van der Waals surface area contributed by atoms with Gasteiger partial charge in [0.05, 0.1) is 25.4 Å². The van der Waals surface area contributed by atoms with E-state index in [4.69, 9.17) is 13.9 Å². The van der Waals surface area contributed by atoms with Crippen molar-refractivity contribution in [2.24, 2.45) is 0 Å². The molecule has 0 spiro atoms. The van der Waals surface area contributed by atoms with E-state index in [1.807, 2.05) is 20.8 Å². The maximum Gasteiger partial charge on any atom is 0.410 e. The summed E-state index contributed by atoms with van der Waals surface area (Å²) in [6, 6.07) is 6.15. The summed E-state index contributed by atoms with van der Waals surface area (Å²) >= 11 is 0. The van der Waals surface area contributed by atoms with Gasteiger partial charge >= 0.3 is 6.09 Å². The van der Waals surface area contributed by atoms with Crippen molar-refractivity contribution in [1.82, 2.24) is 29.7 Å². The number of hydrogen-bond donors (Lipinski definition) is 1. The van der Waals surface area contributed by atoms with Crippen molar-refractivity contribution in [3.63, 3.8) is 0 Å². The van der Waals surface area contributed by atoms with Crippen LogP contribution in [0.1, 0.15) is 56.7 Å².